The van der Waals surface area contributed by atoms with Crippen LogP contribution in [-0.2, 0) is 0 Å². The molecule has 0 amide bonds. The molecule has 2 aliphatic rings. The van der Waals surface area contributed by atoms with Gasteiger partial charge >= 0.3 is 0 Å². The number of nitrogens with zero attached hydrogens (tertiary/aromatic N) is 3. The second kappa shape index (κ2) is 11.8. The van der Waals surface area contributed by atoms with Crippen LogP contribution in [0.4, 0.5) is 5.69 Å². The van der Waals surface area contributed by atoms with E-state index in [2.05, 4.69) is 49.7 Å². The molecule has 1 aliphatic heterocycles. The molecule has 0 unspecified atom stereocenters. The van der Waals surface area contributed by atoms with Crippen LogP contribution in [0, 0.1) is 0 Å². The number of halogens is 2. The molecule has 0 spiro atoms. The molecule has 0 bridgehead atoms. The molecule has 0 aromatic heterocycles. The third-order valence-electron chi connectivity index (χ3n) is 5.08. The van der Waals surface area contributed by atoms with Crippen LogP contribution in [0.3, 0.4) is 0 Å². The number of piperazine rings is 1. The molecule has 0 atom stereocenters. The van der Waals surface area contributed by atoms with Crippen molar-refractivity contribution in [3.63, 3.8) is 0 Å². The van der Waals surface area contributed by atoms with Gasteiger partial charge in [-0.15, -0.1) is 24.0 Å². The maximum absolute atomic E-state index is 6.32. The van der Waals surface area contributed by atoms with E-state index in [-0.39, 0.29) is 24.0 Å². The van der Waals surface area contributed by atoms with E-state index in [9.17, 15) is 0 Å². The molecule has 3 rings (SSSR count). The maximum Gasteiger partial charge on any atom is 0.191 e. The van der Waals surface area contributed by atoms with Gasteiger partial charge in [0.25, 0.3) is 0 Å². The average Bonchev–Trinajstić information content (AvgIpc) is 3.18. The lowest BCUT2D eigenvalue weighted by Crippen LogP contribution is -2.47. The van der Waals surface area contributed by atoms with E-state index in [4.69, 9.17) is 11.6 Å². The summed E-state index contributed by atoms with van der Waals surface area (Å²) in [6.45, 7) is 6.32. The topological polar surface area (TPSA) is 42.9 Å². The van der Waals surface area contributed by atoms with Gasteiger partial charge in [0.2, 0.25) is 0 Å². The Balaban J connectivity index is 0.00000261. The molecule has 7 heteroatoms. The lowest BCUT2D eigenvalue weighted by atomic mass is 10.2. The first-order valence-corrected chi connectivity index (χ1v) is 9.98. The highest BCUT2D eigenvalue weighted by atomic mass is 127. The van der Waals surface area contributed by atoms with Gasteiger partial charge in [-0.1, -0.05) is 35.9 Å². The van der Waals surface area contributed by atoms with E-state index in [0.717, 1.165) is 75.2 Å². The first kappa shape index (κ1) is 22.3. The van der Waals surface area contributed by atoms with E-state index in [1.807, 2.05) is 19.2 Å². The summed E-state index contributed by atoms with van der Waals surface area (Å²) >= 11 is 6.32. The third kappa shape index (κ3) is 6.84. The predicted molar refractivity (Wildman–Crippen MR) is 127 cm³/mol. The molecule has 1 aliphatic carbocycles. The number of guanidine groups is 1. The van der Waals surface area contributed by atoms with Crippen LogP contribution in [0.1, 0.15) is 19.3 Å². The number of benzene rings is 1. The summed E-state index contributed by atoms with van der Waals surface area (Å²) < 4.78 is 0. The van der Waals surface area contributed by atoms with E-state index >= 15 is 0 Å². The molecule has 0 radical (unpaired) electrons. The Labute approximate surface area is 185 Å². The lowest BCUT2D eigenvalue weighted by Gasteiger charge is -2.36. The van der Waals surface area contributed by atoms with Gasteiger partial charge in [-0.05, 0) is 37.9 Å². The van der Waals surface area contributed by atoms with Gasteiger partial charge in [-0.2, -0.15) is 0 Å². The van der Waals surface area contributed by atoms with Crippen LogP contribution < -0.4 is 15.5 Å². The third-order valence-corrected chi connectivity index (χ3v) is 5.40. The van der Waals surface area contributed by atoms with Crippen molar-refractivity contribution in [3.05, 3.63) is 41.4 Å². The summed E-state index contributed by atoms with van der Waals surface area (Å²) in [7, 11) is 1.84. The standard InChI is InChI=1S/C20H30ClN5.HI/c1-22-20(24-17-7-2-3-8-17)23-11-6-12-25-13-15-26(16-14-25)19-10-5-4-9-18(19)21;/h2-5,9-10,17H,6-8,11-16H2,1H3,(H2,22,23,24);1H. The number of anilines is 1. The van der Waals surface area contributed by atoms with Gasteiger partial charge < -0.3 is 15.5 Å². The fraction of sp³-hybridized carbons (Fsp3) is 0.550. The molecule has 5 nitrogen and oxygen atoms in total. The van der Waals surface area contributed by atoms with Crippen molar-refractivity contribution >= 4 is 47.2 Å². The van der Waals surface area contributed by atoms with E-state index in [0.29, 0.717) is 6.04 Å². The number of rotatable bonds is 6. The van der Waals surface area contributed by atoms with Crippen molar-refractivity contribution in [2.24, 2.45) is 4.99 Å². The summed E-state index contributed by atoms with van der Waals surface area (Å²) in [6, 6.07) is 8.62. The minimum absolute atomic E-state index is 0. The summed E-state index contributed by atoms with van der Waals surface area (Å²) in [5, 5.41) is 7.76. The zero-order valence-electron chi connectivity index (χ0n) is 16.0. The van der Waals surface area contributed by atoms with Gasteiger partial charge in [0.15, 0.2) is 5.96 Å². The predicted octanol–water partition coefficient (Wildman–Crippen LogP) is 3.35. The van der Waals surface area contributed by atoms with Crippen LogP contribution >= 0.6 is 35.6 Å². The summed E-state index contributed by atoms with van der Waals surface area (Å²) in [5.74, 6) is 0.919. The molecule has 0 saturated carbocycles. The van der Waals surface area contributed by atoms with E-state index in [1.54, 1.807) is 0 Å². The van der Waals surface area contributed by atoms with Crippen LogP contribution in [-0.4, -0.2) is 63.2 Å². The van der Waals surface area contributed by atoms with Crippen molar-refractivity contribution in [1.82, 2.24) is 15.5 Å². The Kier molecular flexibility index (Phi) is 9.72. The molecule has 1 aromatic rings. The number of aliphatic imine (C=N–C) groups is 1. The number of hydrogen-bond donors (Lipinski definition) is 2. The largest absolute Gasteiger partial charge is 0.368 e. The quantitative estimate of drug-likeness (QED) is 0.205. The van der Waals surface area contributed by atoms with Crippen molar-refractivity contribution in [2.45, 2.75) is 25.3 Å². The average molecular weight is 504 g/mol. The highest BCUT2D eigenvalue weighted by Gasteiger charge is 2.18. The molecule has 1 saturated heterocycles. The highest BCUT2D eigenvalue weighted by Crippen LogP contribution is 2.25. The molecular weight excluding hydrogens is 473 g/mol. The normalized spacial score (nSPS) is 18.4. The van der Waals surface area contributed by atoms with E-state index < -0.39 is 0 Å². The zero-order chi connectivity index (χ0) is 18.2. The second-order valence-electron chi connectivity index (χ2n) is 6.92. The molecule has 27 heavy (non-hydrogen) atoms. The number of para-hydroxylation sites is 1. The molecule has 1 aromatic carbocycles. The summed E-state index contributed by atoms with van der Waals surface area (Å²) in [6.07, 6.45) is 7.77. The number of nitrogens with one attached hydrogen (secondary N) is 2. The van der Waals surface area contributed by atoms with Gasteiger partial charge in [-0.25, -0.2) is 0 Å². The smallest absolute Gasteiger partial charge is 0.191 e. The fourth-order valence-electron chi connectivity index (χ4n) is 3.55. The van der Waals surface area contributed by atoms with Crippen LogP contribution in [0.25, 0.3) is 0 Å². The molecular formula is C20H31ClIN5. The van der Waals surface area contributed by atoms with Gasteiger partial charge in [-0.3, -0.25) is 9.89 Å². The second-order valence-corrected chi connectivity index (χ2v) is 7.32. The SMILES string of the molecule is CN=C(NCCCN1CCN(c2ccccc2Cl)CC1)NC1CC=CC1.I. The van der Waals surface area contributed by atoms with Crippen molar-refractivity contribution in [1.29, 1.82) is 0 Å². The Hall–Kier alpha value is -0.990. The molecule has 150 valence electrons. The van der Waals surface area contributed by atoms with E-state index in [1.165, 1.54) is 0 Å². The molecule has 1 fully saturated rings. The first-order valence-electron chi connectivity index (χ1n) is 9.60. The number of hydrogen-bond acceptors (Lipinski definition) is 3. The maximum atomic E-state index is 6.32. The Morgan fingerprint density at radius 3 is 2.52 bits per heavy atom. The van der Waals surface area contributed by atoms with Crippen LogP contribution in [0.15, 0.2) is 41.4 Å². The minimum Gasteiger partial charge on any atom is -0.368 e. The Morgan fingerprint density at radius 1 is 1.15 bits per heavy atom. The highest BCUT2D eigenvalue weighted by molar-refractivity contribution is 14.0. The summed E-state index contributed by atoms with van der Waals surface area (Å²) in [4.78, 5) is 9.24. The summed E-state index contributed by atoms with van der Waals surface area (Å²) in [5.41, 5.74) is 1.16. The molecule has 2 N–H and O–H groups in total. The minimum atomic E-state index is 0. The van der Waals surface area contributed by atoms with Gasteiger partial charge in [0.1, 0.15) is 0 Å². The van der Waals surface area contributed by atoms with Crippen molar-refractivity contribution in [3.8, 4) is 0 Å². The van der Waals surface area contributed by atoms with Crippen molar-refractivity contribution in [2.75, 3.05) is 51.2 Å². The Bertz CT molecular complexity index is 621. The van der Waals surface area contributed by atoms with Gasteiger partial charge in [0.05, 0.1) is 10.7 Å². The molecule has 1 heterocycles. The zero-order valence-corrected chi connectivity index (χ0v) is 19.1. The lowest BCUT2D eigenvalue weighted by molar-refractivity contribution is 0.255. The first-order chi connectivity index (χ1) is 12.8. The Morgan fingerprint density at radius 2 is 1.85 bits per heavy atom. The fourth-order valence-corrected chi connectivity index (χ4v) is 3.81. The van der Waals surface area contributed by atoms with Crippen LogP contribution in [0.2, 0.25) is 5.02 Å². The van der Waals surface area contributed by atoms with Gasteiger partial charge in [0, 0.05) is 45.8 Å². The van der Waals surface area contributed by atoms with Crippen molar-refractivity contribution < 1.29 is 0 Å². The van der Waals surface area contributed by atoms with Crippen LogP contribution in [0.5, 0.6) is 0 Å². The monoisotopic (exact) mass is 503 g/mol.